The van der Waals surface area contributed by atoms with E-state index in [4.69, 9.17) is 0 Å². The Labute approximate surface area is 218 Å². The average Bonchev–Trinajstić information content (AvgIpc) is 3.56. The molecule has 0 aromatic heterocycles. The molecule has 1 aliphatic carbocycles. The van der Waals surface area contributed by atoms with Gasteiger partial charge in [-0.3, -0.25) is 6.08 Å². The Morgan fingerprint density at radius 2 is 1.21 bits per heavy atom. The number of benzene rings is 4. The molecule has 0 atom stereocenters. The molecule has 0 fully saturated rings. The zero-order valence-corrected chi connectivity index (χ0v) is 22.2. The van der Waals surface area contributed by atoms with Crippen molar-refractivity contribution in [1.82, 2.24) is 0 Å². The van der Waals surface area contributed by atoms with Crippen molar-refractivity contribution >= 4 is 24.8 Å². The van der Waals surface area contributed by atoms with Crippen molar-refractivity contribution in [1.29, 1.82) is 0 Å². The van der Waals surface area contributed by atoms with Crippen molar-refractivity contribution in [3.63, 3.8) is 0 Å². The molecular weight excluding hydrogens is 488 g/mol. The second kappa shape index (κ2) is 11.9. The fraction of sp³-hybridized carbons (Fsp3) is 0.0909. The third-order valence-electron chi connectivity index (χ3n) is 5.73. The van der Waals surface area contributed by atoms with Crippen molar-refractivity contribution in [3.8, 4) is 0 Å². The molecule has 5 aromatic rings. The number of allylic oxidation sites excluding steroid dienone is 4. The van der Waals surface area contributed by atoms with Crippen molar-refractivity contribution < 1.29 is 24.2 Å². The van der Waals surface area contributed by atoms with Gasteiger partial charge in [0.15, 0.2) is 0 Å². The van der Waals surface area contributed by atoms with Crippen molar-refractivity contribution in [2.45, 2.75) is 20.3 Å². The summed E-state index contributed by atoms with van der Waals surface area (Å²) in [5.41, 5.74) is 5.32. The molecule has 5 aromatic carbocycles. The van der Waals surface area contributed by atoms with Gasteiger partial charge in [-0.1, -0.05) is 35.4 Å². The third kappa shape index (κ3) is 6.31. The Kier molecular flexibility index (Phi) is 8.45. The standard InChI is InChI=1S/C15H13.C13H10.C5H5.Zr/c1-10-3-5-14-12(7-10)9-13-8-11(2)4-6-15(13)14;1-3-7-12(8-4-1)11-13-9-5-2-6-10-13;1-2-4-5-3-1;/h3-9H,1-2H3;1-10H;1-3H,4H2;/q-1;;-1;+2. The second-order valence-corrected chi connectivity index (χ2v) is 9.66. The van der Waals surface area contributed by atoms with E-state index in [0.29, 0.717) is 0 Å². The third-order valence-corrected chi connectivity index (χ3v) is 7.15. The molecule has 0 aliphatic heterocycles. The van der Waals surface area contributed by atoms with Gasteiger partial charge in [0.05, 0.1) is 0 Å². The fourth-order valence-corrected chi connectivity index (χ4v) is 4.80. The van der Waals surface area contributed by atoms with Crippen LogP contribution in [-0.2, 0) is 24.2 Å². The summed E-state index contributed by atoms with van der Waals surface area (Å²) in [4.78, 5) is 0. The Morgan fingerprint density at radius 3 is 1.59 bits per heavy atom. The minimum atomic E-state index is 1.01. The maximum atomic E-state index is 2.99. The van der Waals surface area contributed by atoms with E-state index < -0.39 is 0 Å². The van der Waals surface area contributed by atoms with Crippen LogP contribution in [0, 0.1) is 19.9 Å². The van der Waals surface area contributed by atoms with Crippen LogP contribution in [0.4, 0.5) is 0 Å². The van der Waals surface area contributed by atoms with Gasteiger partial charge in [0.2, 0.25) is 0 Å². The number of aryl methyl sites for hydroxylation is 2. The van der Waals surface area contributed by atoms with E-state index in [1.165, 1.54) is 71.2 Å². The quantitative estimate of drug-likeness (QED) is 0.207. The minimum absolute atomic E-state index is 1.01. The molecule has 0 heterocycles. The molecule has 1 aliphatic rings. The monoisotopic (exact) mass is 514 g/mol. The van der Waals surface area contributed by atoms with Crippen LogP contribution in [-0.4, -0.2) is 3.21 Å². The van der Waals surface area contributed by atoms with Crippen LogP contribution in [0.15, 0.2) is 121 Å². The number of fused-ring (bicyclic) bond motifs is 3. The first-order valence-corrected chi connectivity index (χ1v) is 12.8. The summed E-state index contributed by atoms with van der Waals surface area (Å²) in [5, 5.41) is 5.46. The van der Waals surface area contributed by atoms with Gasteiger partial charge in [0.25, 0.3) is 0 Å². The second-order valence-electron chi connectivity index (χ2n) is 8.44. The van der Waals surface area contributed by atoms with Gasteiger partial charge in [-0.15, -0.1) is 46.2 Å². The molecule has 0 radical (unpaired) electrons. The molecular formula is C33H28Zr. The fourth-order valence-electron chi connectivity index (χ4n) is 3.98. The summed E-state index contributed by atoms with van der Waals surface area (Å²) in [6.45, 7) is 4.28. The topological polar surface area (TPSA) is 0 Å². The Bertz CT molecular complexity index is 1330. The summed E-state index contributed by atoms with van der Waals surface area (Å²) in [5.74, 6) is 0. The summed E-state index contributed by atoms with van der Waals surface area (Å²) >= 11 is 1.46. The average molecular weight is 516 g/mol. The van der Waals surface area contributed by atoms with Crippen molar-refractivity contribution in [2.24, 2.45) is 0 Å². The van der Waals surface area contributed by atoms with Crippen LogP contribution in [0.2, 0.25) is 0 Å². The summed E-state index contributed by atoms with van der Waals surface area (Å²) in [6.07, 6.45) is 10.0. The summed E-state index contributed by atoms with van der Waals surface area (Å²) in [7, 11) is 0. The molecule has 34 heavy (non-hydrogen) atoms. The van der Waals surface area contributed by atoms with E-state index in [1.54, 1.807) is 0 Å². The van der Waals surface area contributed by atoms with Crippen LogP contribution >= 0.6 is 0 Å². The molecule has 0 saturated heterocycles. The molecule has 0 amide bonds. The number of rotatable bonds is 2. The van der Waals surface area contributed by atoms with E-state index in [2.05, 4.69) is 129 Å². The van der Waals surface area contributed by atoms with Crippen molar-refractivity contribution in [2.75, 3.05) is 0 Å². The molecule has 0 unspecified atom stereocenters. The summed E-state index contributed by atoms with van der Waals surface area (Å²) in [6, 6.07) is 36.7. The molecule has 6 rings (SSSR count). The molecule has 0 bridgehead atoms. The van der Waals surface area contributed by atoms with E-state index in [1.807, 2.05) is 12.2 Å². The molecule has 0 spiro atoms. The van der Waals surface area contributed by atoms with Crippen LogP contribution in [0.5, 0.6) is 0 Å². The van der Waals surface area contributed by atoms with Gasteiger partial charge in [0, 0.05) is 0 Å². The summed E-state index contributed by atoms with van der Waals surface area (Å²) < 4.78 is 1.42. The normalized spacial score (nSPS) is 11.6. The van der Waals surface area contributed by atoms with Crippen LogP contribution in [0.3, 0.4) is 0 Å². The van der Waals surface area contributed by atoms with Crippen LogP contribution in [0.1, 0.15) is 28.7 Å². The SMILES string of the molecule is Cc1ccc2c(c1)[cH-]c1cc(C)ccc12.[C-]1=CC=CC1.[Zr+2]=[C](c1ccccc1)c1ccccc1. The first kappa shape index (κ1) is 24.1. The van der Waals surface area contributed by atoms with E-state index in [-0.39, 0.29) is 0 Å². The van der Waals surface area contributed by atoms with Crippen LogP contribution in [0.25, 0.3) is 21.5 Å². The maximum absolute atomic E-state index is 2.99. The Balaban J connectivity index is 0.000000134. The molecule has 1 heteroatoms. The number of hydrogen-bond donors (Lipinski definition) is 0. The molecule has 0 saturated carbocycles. The Hall–Kier alpha value is -3.02. The van der Waals surface area contributed by atoms with E-state index in [9.17, 15) is 0 Å². The number of hydrogen-bond acceptors (Lipinski definition) is 0. The Morgan fingerprint density at radius 1 is 0.706 bits per heavy atom. The molecule has 0 nitrogen and oxygen atoms in total. The van der Waals surface area contributed by atoms with E-state index in [0.717, 1.165) is 6.42 Å². The van der Waals surface area contributed by atoms with Crippen molar-refractivity contribution in [3.05, 3.63) is 150 Å². The first-order chi connectivity index (χ1) is 16.6. The van der Waals surface area contributed by atoms with Gasteiger partial charge in [-0.25, -0.2) is 12.2 Å². The van der Waals surface area contributed by atoms with Gasteiger partial charge in [0.1, 0.15) is 0 Å². The first-order valence-electron chi connectivity index (χ1n) is 11.6. The van der Waals surface area contributed by atoms with Crippen LogP contribution < -0.4 is 0 Å². The van der Waals surface area contributed by atoms with Gasteiger partial charge < -0.3 is 0 Å². The van der Waals surface area contributed by atoms with Gasteiger partial charge in [-0.05, 0) is 13.8 Å². The zero-order valence-electron chi connectivity index (χ0n) is 19.8. The van der Waals surface area contributed by atoms with Gasteiger partial charge in [-0.2, -0.15) is 6.08 Å². The van der Waals surface area contributed by atoms with E-state index >= 15 is 0 Å². The predicted molar refractivity (Wildman–Crippen MR) is 144 cm³/mol. The predicted octanol–water partition coefficient (Wildman–Crippen LogP) is 8.44. The zero-order chi connectivity index (χ0) is 23.8. The molecule has 0 N–H and O–H groups in total. The molecule has 164 valence electrons. The van der Waals surface area contributed by atoms with Gasteiger partial charge >= 0.3 is 99.2 Å².